The van der Waals surface area contributed by atoms with E-state index in [2.05, 4.69) is 12.2 Å². The Hall–Kier alpha value is -1.85. The van der Waals surface area contributed by atoms with Crippen molar-refractivity contribution in [1.82, 2.24) is 9.80 Å². The van der Waals surface area contributed by atoms with Crippen LogP contribution in [0.5, 0.6) is 0 Å². The molecule has 0 bridgehead atoms. The minimum Gasteiger partial charge on any atom is -0.459 e. The largest absolute Gasteiger partial charge is 0.459 e. The SMILES string of the molecule is CCOC(=O)C(=O)N1CCN(C(=O)[C@H]2CC=CCC2)CC1. The van der Waals surface area contributed by atoms with Gasteiger partial charge in [-0.05, 0) is 26.2 Å². The second-order valence-electron chi connectivity index (χ2n) is 5.32. The van der Waals surface area contributed by atoms with Gasteiger partial charge in [0, 0.05) is 32.1 Å². The zero-order valence-corrected chi connectivity index (χ0v) is 12.4. The number of allylic oxidation sites excluding steroid dienone is 2. The highest BCUT2D eigenvalue weighted by Gasteiger charge is 2.31. The molecule has 1 fully saturated rings. The van der Waals surface area contributed by atoms with Crippen molar-refractivity contribution in [2.45, 2.75) is 26.2 Å². The fourth-order valence-electron chi connectivity index (χ4n) is 2.73. The first kappa shape index (κ1) is 15.5. The van der Waals surface area contributed by atoms with Crippen molar-refractivity contribution in [3.63, 3.8) is 0 Å². The van der Waals surface area contributed by atoms with E-state index in [9.17, 15) is 14.4 Å². The monoisotopic (exact) mass is 294 g/mol. The number of esters is 1. The van der Waals surface area contributed by atoms with Crippen molar-refractivity contribution in [3.8, 4) is 0 Å². The zero-order valence-electron chi connectivity index (χ0n) is 12.4. The summed E-state index contributed by atoms with van der Waals surface area (Å²) in [4.78, 5) is 38.8. The number of nitrogens with zero attached hydrogens (tertiary/aromatic N) is 2. The van der Waals surface area contributed by atoms with Gasteiger partial charge < -0.3 is 14.5 Å². The average molecular weight is 294 g/mol. The molecule has 0 N–H and O–H groups in total. The molecule has 0 radical (unpaired) electrons. The number of rotatable bonds is 2. The van der Waals surface area contributed by atoms with Gasteiger partial charge in [0.05, 0.1) is 6.61 Å². The van der Waals surface area contributed by atoms with Crippen LogP contribution in [0.15, 0.2) is 12.2 Å². The van der Waals surface area contributed by atoms with Gasteiger partial charge in [0.1, 0.15) is 0 Å². The number of carbonyl (C=O) groups is 3. The van der Waals surface area contributed by atoms with Crippen LogP contribution in [-0.4, -0.2) is 60.4 Å². The Morgan fingerprint density at radius 2 is 1.76 bits per heavy atom. The van der Waals surface area contributed by atoms with Crippen LogP contribution in [0.2, 0.25) is 0 Å². The first-order valence-corrected chi connectivity index (χ1v) is 7.53. The third-order valence-electron chi connectivity index (χ3n) is 3.95. The lowest BCUT2D eigenvalue weighted by atomic mass is 9.93. The smallest absolute Gasteiger partial charge is 0.397 e. The molecule has 0 unspecified atom stereocenters. The van der Waals surface area contributed by atoms with Crippen LogP contribution in [0.25, 0.3) is 0 Å². The van der Waals surface area contributed by atoms with E-state index in [-0.39, 0.29) is 18.4 Å². The Morgan fingerprint density at radius 1 is 1.10 bits per heavy atom. The predicted octanol–water partition coefficient (Wildman–Crippen LogP) is 0.577. The van der Waals surface area contributed by atoms with Crippen molar-refractivity contribution in [2.24, 2.45) is 5.92 Å². The standard InChI is InChI=1S/C15H22N2O4/c1-2-21-15(20)14(19)17-10-8-16(9-11-17)13(18)12-6-4-3-5-7-12/h3-4,12H,2,5-11H2,1H3/t12-/m0/s1. The fourth-order valence-corrected chi connectivity index (χ4v) is 2.73. The lowest BCUT2D eigenvalue weighted by molar-refractivity contribution is -0.161. The van der Waals surface area contributed by atoms with Gasteiger partial charge in [-0.2, -0.15) is 0 Å². The van der Waals surface area contributed by atoms with Crippen LogP contribution in [0, 0.1) is 5.92 Å². The van der Waals surface area contributed by atoms with Crippen LogP contribution in [0.4, 0.5) is 0 Å². The Balaban J connectivity index is 1.82. The maximum Gasteiger partial charge on any atom is 0.397 e. The van der Waals surface area contributed by atoms with Crippen LogP contribution in [0.1, 0.15) is 26.2 Å². The van der Waals surface area contributed by atoms with Gasteiger partial charge in [-0.1, -0.05) is 12.2 Å². The van der Waals surface area contributed by atoms with E-state index in [0.717, 1.165) is 19.3 Å². The zero-order chi connectivity index (χ0) is 15.2. The lowest BCUT2D eigenvalue weighted by Crippen LogP contribution is -2.53. The van der Waals surface area contributed by atoms with E-state index in [4.69, 9.17) is 4.74 Å². The highest BCUT2D eigenvalue weighted by molar-refractivity contribution is 6.32. The minimum absolute atomic E-state index is 0.0716. The molecule has 2 amide bonds. The maximum absolute atomic E-state index is 12.4. The van der Waals surface area contributed by atoms with Crippen LogP contribution in [-0.2, 0) is 19.1 Å². The summed E-state index contributed by atoms with van der Waals surface area (Å²) in [6, 6.07) is 0. The van der Waals surface area contributed by atoms with Gasteiger partial charge in [0.25, 0.3) is 0 Å². The second-order valence-corrected chi connectivity index (χ2v) is 5.32. The van der Waals surface area contributed by atoms with Crippen molar-refractivity contribution in [3.05, 3.63) is 12.2 Å². The summed E-state index contributed by atoms with van der Waals surface area (Å²) in [7, 11) is 0. The quantitative estimate of drug-likeness (QED) is 0.424. The molecule has 1 heterocycles. The summed E-state index contributed by atoms with van der Waals surface area (Å²) in [5, 5.41) is 0. The molecule has 0 aromatic carbocycles. The van der Waals surface area contributed by atoms with Crippen LogP contribution >= 0.6 is 0 Å². The Morgan fingerprint density at radius 3 is 2.33 bits per heavy atom. The first-order chi connectivity index (χ1) is 10.1. The molecule has 2 aliphatic rings. The van der Waals surface area contributed by atoms with E-state index < -0.39 is 11.9 Å². The molecule has 2 rings (SSSR count). The molecule has 6 nitrogen and oxygen atoms in total. The molecule has 1 saturated heterocycles. The normalized spacial score (nSPS) is 22.0. The number of hydrogen-bond acceptors (Lipinski definition) is 4. The van der Waals surface area contributed by atoms with Crippen molar-refractivity contribution >= 4 is 17.8 Å². The summed E-state index contributed by atoms with van der Waals surface area (Å²) >= 11 is 0. The van der Waals surface area contributed by atoms with Gasteiger partial charge in [-0.3, -0.25) is 9.59 Å². The number of carbonyl (C=O) groups excluding carboxylic acids is 3. The molecule has 21 heavy (non-hydrogen) atoms. The molecular weight excluding hydrogens is 272 g/mol. The molecule has 0 saturated carbocycles. The number of ether oxygens (including phenoxy) is 1. The molecule has 6 heteroatoms. The van der Waals surface area contributed by atoms with Gasteiger partial charge >= 0.3 is 11.9 Å². The van der Waals surface area contributed by atoms with E-state index in [0.29, 0.717) is 26.2 Å². The van der Waals surface area contributed by atoms with Crippen molar-refractivity contribution in [1.29, 1.82) is 0 Å². The van der Waals surface area contributed by atoms with E-state index in [1.165, 1.54) is 4.90 Å². The highest BCUT2D eigenvalue weighted by atomic mass is 16.5. The molecule has 1 atom stereocenters. The van der Waals surface area contributed by atoms with Crippen LogP contribution in [0.3, 0.4) is 0 Å². The third-order valence-corrected chi connectivity index (χ3v) is 3.95. The highest BCUT2D eigenvalue weighted by Crippen LogP contribution is 2.21. The van der Waals surface area contributed by atoms with Gasteiger partial charge in [-0.25, -0.2) is 4.79 Å². The van der Waals surface area contributed by atoms with E-state index in [1.807, 2.05) is 0 Å². The summed E-state index contributed by atoms with van der Waals surface area (Å²) in [5.74, 6) is -1.18. The number of amides is 2. The molecule has 1 aliphatic carbocycles. The number of hydrogen-bond donors (Lipinski definition) is 0. The van der Waals surface area contributed by atoms with Crippen molar-refractivity contribution < 1.29 is 19.1 Å². The first-order valence-electron chi connectivity index (χ1n) is 7.53. The molecule has 0 aromatic rings. The van der Waals surface area contributed by atoms with Gasteiger partial charge in [-0.15, -0.1) is 0 Å². The molecule has 116 valence electrons. The molecule has 0 spiro atoms. The average Bonchev–Trinajstić information content (AvgIpc) is 2.54. The molecular formula is C15H22N2O4. The lowest BCUT2D eigenvalue weighted by Gasteiger charge is -2.36. The summed E-state index contributed by atoms with van der Waals surface area (Å²) in [6.45, 7) is 3.63. The van der Waals surface area contributed by atoms with Gasteiger partial charge in [0.15, 0.2) is 0 Å². The molecule has 0 aromatic heterocycles. The van der Waals surface area contributed by atoms with Crippen molar-refractivity contribution in [2.75, 3.05) is 32.8 Å². The topological polar surface area (TPSA) is 66.9 Å². The van der Waals surface area contributed by atoms with Crippen LogP contribution < -0.4 is 0 Å². The Labute approximate surface area is 124 Å². The predicted molar refractivity (Wildman–Crippen MR) is 76.3 cm³/mol. The third kappa shape index (κ3) is 3.83. The summed E-state index contributed by atoms with van der Waals surface area (Å²) in [5.41, 5.74) is 0. The summed E-state index contributed by atoms with van der Waals surface area (Å²) < 4.78 is 4.71. The fraction of sp³-hybridized carbons (Fsp3) is 0.667. The number of piperazine rings is 1. The Bertz CT molecular complexity index is 439. The second kappa shape index (κ2) is 7.24. The Kier molecular flexibility index (Phi) is 5.36. The van der Waals surface area contributed by atoms with E-state index >= 15 is 0 Å². The summed E-state index contributed by atoms with van der Waals surface area (Å²) in [6.07, 6.45) is 6.84. The van der Waals surface area contributed by atoms with Gasteiger partial charge in [0.2, 0.25) is 5.91 Å². The van der Waals surface area contributed by atoms with E-state index in [1.54, 1.807) is 11.8 Å². The minimum atomic E-state index is -0.810. The molecule has 1 aliphatic heterocycles. The maximum atomic E-state index is 12.4.